The molecule has 0 aliphatic heterocycles. The molecule has 0 aliphatic rings. The first-order valence-corrected chi connectivity index (χ1v) is 3.85. The zero-order valence-electron chi connectivity index (χ0n) is 7.57. The quantitative estimate of drug-likeness (QED) is 0.469. The highest BCUT2D eigenvalue weighted by Gasteiger charge is 2.12. The highest BCUT2D eigenvalue weighted by atomic mass is 16.5. The van der Waals surface area contributed by atoms with Crippen LogP contribution in [-0.4, -0.2) is 5.60 Å². The van der Waals surface area contributed by atoms with Crippen molar-refractivity contribution in [2.75, 3.05) is 0 Å². The highest BCUT2D eigenvalue weighted by Crippen LogP contribution is 2.14. The van der Waals surface area contributed by atoms with Gasteiger partial charge in [0.05, 0.1) is 0 Å². The first kappa shape index (κ1) is 8.84. The Morgan fingerprint density at radius 1 is 1.42 bits per heavy atom. The van der Waals surface area contributed by atoms with Crippen molar-refractivity contribution in [3.8, 4) is 5.75 Å². The van der Waals surface area contributed by atoms with E-state index in [1.807, 2.05) is 20.8 Å². The molecule has 1 aromatic rings. The lowest BCUT2D eigenvalue weighted by Crippen LogP contribution is -2.28. The molecule has 0 fully saturated rings. The van der Waals surface area contributed by atoms with Gasteiger partial charge in [-0.15, -0.1) is 0 Å². The lowest BCUT2D eigenvalue weighted by molar-refractivity contribution is -0.605. The van der Waals surface area contributed by atoms with Crippen molar-refractivity contribution < 1.29 is 9.47 Å². The maximum Gasteiger partial charge on any atom is 0.222 e. The van der Waals surface area contributed by atoms with Crippen LogP contribution in [0.3, 0.4) is 0 Å². The van der Waals surface area contributed by atoms with Gasteiger partial charge in [-0.3, -0.25) is 0 Å². The van der Waals surface area contributed by atoms with Crippen LogP contribution >= 0.6 is 0 Å². The number of rotatable bonds is 1. The summed E-state index contributed by atoms with van der Waals surface area (Å²) in [7, 11) is 0. The van der Waals surface area contributed by atoms with E-state index in [4.69, 9.17) is 4.74 Å². The van der Waals surface area contributed by atoms with E-state index in [9.17, 15) is 5.21 Å². The molecule has 0 saturated heterocycles. The van der Waals surface area contributed by atoms with Crippen LogP contribution in [0.4, 0.5) is 0 Å². The summed E-state index contributed by atoms with van der Waals surface area (Å²) in [6, 6.07) is 3.42. The molecular formula is C9H13NO2. The smallest absolute Gasteiger partial charge is 0.222 e. The van der Waals surface area contributed by atoms with E-state index in [0.717, 1.165) is 4.73 Å². The second-order valence-electron chi connectivity index (χ2n) is 3.61. The van der Waals surface area contributed by atoms with Crippen molar-refractivity contribution >= 4 is 0 Å². The topological polar surface area (TPSA) is 36.2 Å². The van der Waals surface area contributed by atoms with Crippen molar-refractivity contribution in [3.05, 3.63) is 29.7 Å². The number of pyridine rings is 1. The van der Waals surface area contributed by atoms with E-state index in [2.05, 4.69) is 0 Å². The molecule has 0 N–H and O–H groups in total. The fraction of sp³-hybridized carbons (Fsp3) is 0.444. The molecule has 1 heterocycles. The van der Waals surface area contributed by atoms with E-state index >= 15 is 0 Å². The Morgan fingerprint density at radius 3 is 2.58 bits per heavy atom. The number of aromatic nitrogens is 1. The van der Waals surface area contributed by atoms with Gasteiger partial charge in [0.25, 0.3) is 0 Å². The molecule has 3 nitrogen and oxygen atoms in total. The van der Waals surface area contributed by atoms with Crippen LogP contribution in [0.1, 0.15) is 20.8 Å². The lowest BCUT2D eigenvalue weighted by atomic mass is 10.2. The number of nitrogens with zero attached hydrogens (tertiary/aromatic N) is 1. The zero-order chi connectivity index (χ0) is 9.19. The normalized spacial score (nSPS) is 11.2. The average Bonchev–Trinajstić information content (AvgIpc) is 1.82. The summed E-state index contributed by atoms with van der Waals surface area (Å²) < 4.78 is 6.18. The maximum absolute atomic E-state index is 10.8. The summed E-state index contributed by atoms with van der Waals surface area (Å²) in [4.78, 5) is 0. The molecule has 1 rings (SSSR count). The van der Waals surface area contributed by atoms with Crippen molar-refractivity contribution in [1.82, 2.24) is 0 Å². The van der Waals surface area contributed by atoms with Crippen molar-refractivity contribution in [1.29, 1.82) is 0 Å². The zero-order valence-corrected chi connectivity index (χ0v) is 7.57. The Balaban J connectivity index is 2.77. The van der Waals surface area contributed by atoms with Crippen LogP contribution < -0.4 is 9.47 Å². The molecule has 1 aromatic heterocycles. The Kier molecular flexibility index (Phi) is 2.22. The first-order chi connectivity index (χ1) is 5.47. The number of hydrogen-bond donors (Lipinski definition) is 0. The van der Waals surface area contributed by atoms with Crippen LogP contribution in [0, 0.1) is 5.21 Å². The fourth-order valence-corrected chi connectivity index (χ4v) is 0.848. The van der Waals surface area contributed by atoms with E-state index in [-0.39, 0.29) is 5.60 Å². The predicted molar refractivity (Wildman–Crippen MR) is 45.8 cm³/mol. The molecule has 66 valence electrons. The molecule has 0 radical (unpaired) electrons. The van der Waals surface area contributed by atoms with Crippen LogP contribution in [-0.2, 0) is 0 Å². The van der Waals surface area contributed by atoms with Crippen LogP contribution in [0.2, 0.25) is 0 Å². The SMILES string of the molecule is CC(C)(C)Oc1ccc[n+]([O-])c1. The van der Waals surface area contributed by atoms with E-state index in [0.29, 0.717) is 5.75 Å². The summed E-state index contributed by atoms with van der Waals surface area (Å²) in [6.07, 6.45) is 2.83. The molecule has 0 unspecified atom stereocenters. The van der Waals surface area contributed by atoms with Gasteiger partial charge in [0.1, 0.15) is 5.60 Å². The molecular weight excluding hydrogens is 154 g/mol. The molecule has 0 aromatic carbocycles. The van der Waals surface area contributed by atoms with Crippen LogP contribution in [0.15, 0.2) is 24.5 Å². The molecule has 0 saturated carbocycles. The molecule has 0 amide bonds. The van der Waals surface area contributed by atoms with Crippen LogP contribution in [0.25, 0.3) is 0 Å². The molecule has 0 atom stereocenters. The molecule has 0 spiro atoms. The van der Waals surface area contributed by atoms with Gasteiger partial charge in [0.15, 0.2) is 11.9 Å². The van der Waals surface area contributed by atoms with E-state index < -0.39 is 0 Å². The standard InChI is InChI=1S/C9H13NO2/c1-9(2,3)12-8-5-4-6-10(11)7-8/h4-7H,1-3H3. The van der Waals surface area contributed by atoms with E-state index in [1.54, 1.807) is 12.1 Å². The second kappa shape index (κ2) is 3.01. The van der Waals surface area contributed by atoms with Gasteiger partial charge in [-0.1, -0.05) is 0 Å². The summed E-state index contributed by atoms with van der Waals surface area (Å²) in [5.74, 6) is 0.597. The summed E-state index contributed by atoms with van der Waals surface area (Å²) in [5, 5.41) is 10.8. The minimum Gasteiger partial charge on any atom is -0.619 e. The fourth-order valence-electron chi connectivity index (χ4n) is 0.848. The van der Waals surface area contributed by atoms with Gasteiger partial charge in [0.2, 0.25) is 6.20 Å². The van der Waals surface area contributed by atoms with Gasteiger partial charge in [0, 0.05) is 6.07 Å². The summed E-state index contributed by atoms with van der Waals surface area (Å²) >= 11 is 0. The van der Waals surface area contributed by atoms with Gasteiger partial charge >= 0.3 is 0 Å². The lowest BCUT2D eigenvalue weighted by Gasteiger charge is -2.19. The summed E-state index contributed by atoms with van der Waals surface area (Å²) in [5.41, 5.74) is -0.256. The van der Waals surface area contributed by atoms with E-state index in [1.165, 1.54) is 12.4 Å². The minimum atomic E-state index is -0.256. The number of hydrogen-bond acceptors (Lipinski definition) is 2. The van der Waals surface area contributed by atoms with Gasteiger partial charge < -0.3 is 9.94 Å². The van der Waals surface area contributed by atoms with Gasteiger partial charge in [-0.2, -0.15) is 4.73 Å². The van der Waals surface area contributed by atoms with Gasteiger partial charge in [-0.25, -0.2) is 0 Å². The maximum atomic E-state index is 10.8. The second-order valence-corrected chi connectivity index (χ2v) is 3.61. The Bertz CT molecular complexity index is 265. The average molecular weight is 167 g/mol. The third-order valence-electron chi connectivity index (χ3n) is 1.17. The largest absolute Gasteiger partial charge is 0.619 e. The first-order valence-electron chi connectivity index (χ1n) is 3.85. The minimum absolute atomic E-state index is 0.256. The molecule has 12 heavy (non-hydrogen) atoms. The predicted octanol–water partition coefficient (Wildman–Crippen LogP) is 1.50. The molecule has 0 bridgehead atoms. The van der Waals surface area contributed by atoms with Crippen molar-refractivity contribution in [2.45, 2.75) is 26.4 Å². The van der Waals surface area contributed by atoms with Crippen LogP contribution in [0.5, 0.6) is 5.75 Å². The Morgan fingerprint density at radius 2 is 2.08 bits per heavy atom. The summed E-state index contributed by atoms with van der Waals surface area (Å²) in [6.45, 7) is 5.82. The van der Waals surface area contributed by atoms with Crippen molar-refractivity contribution in [3.63, 3.8) is 0 Å². The molecule has 3 heteroatoms. The third kappa shape index (κ3) is 2.78. The number of ether oxygens (including phenoxy) is 1. The Hall–Kier alpha value is -1.25. The Labute approximate surface area is 72.2 Å². The van der Waals surface area contributed by atoms with Gasteiger partial charge in [-0.05, 0) is 26.8 Å². The monoisotopic (exact) mass is 167 g/mol. The highest BCUT2D eigenvalue weighted by molar-refractivity contribution is 5.13. The van der Waals surface area contributed by atoms with Crippen molar-refractivity contribution in [2.24, 2.45) is 0 Å². The molecule has 0 aliphatic carbocycles. The third-order valence-corrected chi connectivity index (χ3v) is 1.17.